The molecular weight excluding hydrogens is 216 g/mol. The highest BCUT2D eigenvalue weighted by molar-refractivity contribution is 5.12. The molecular formula is C18H34. The Hall–Kier alpha value is -1.58. The van der Waals surface area contributed by atoms with Crippen LogP contribution in [0.15, 0.2) is 12.2 Å². The van der Waals surface area contributed by atoms with Gasteiger partial charge in [0.05, 0.1) is 0 Å². The van der Waals surface area contributed by atoms with Crippen LogP contribution in [0.25, 0.3) is 0 Å². The zero-order valence-corrected chi connectivity index (χ0v) is 10.9. The fourth-order valence-electron chi connectivity index (χ4n) is 0.343. The molecule has 0 fully saturated rings. The van der Waals surface area contributed by atoms with Crippen molar-refractivity contribution in [2.75, 3.05) is 0 Å². The van der Waals surface area contributed by atoms with Gasteiger partial charge in [0.2, 0.25) is 0 Å². The lowest BCUT2D eigenvalue weighted by Crippen LogP contribution is -1.45. The van der Waals surface area contributed by atoms with E-state index >= 15 is 0 Å². The van der Waals surface area contributed by atoms with Crippen LogP contribution in [0, 0.1) is 35.5 Å². The average Bonchev–Trinajstić information content (AvgIpc) is 2.28. The summed E-state index contributed by atoms with van der Waals surface area (Å²) >= 11 is 0. The van der Waals surface area contributed by atoms with Crippen molar-refractivity contribution < 1.29 is 0 Å². The standard InChI is InChI=1S/C6H8.C5H8.C4H6.3CH4/c1-3-5-6-4-2;1-3-5-4-2;1-3-4-2;;;/h3,5H,1-2H3;3H2,1-2H3;1-2H3;3*1H4/b5-3+;;;;;. The first-order valence-electron chi connectivity index (χ1n) is 5.01. The predicted octanol–water partition coefficient (Wildman–Crippen LogP) is 5.94. The Labute approximate surface area is 118 Å². The van der Waals surface area contributed by atoms with Crippen LogP contribution in [0.2, 0.25) is 0 Å². The van der Waals surface area contributed by atoms with Gasteiger partial charge in [-0.05, 0) is 40.7 Å². The summed E-state index contributed by atoms with van der Waals surface area (Å²) in [5, 5.41) is 0. The van der Waals surface area contributed by atoms with Gasteiger partial charge in [0.25, 0.3) is 0 Å². The first-order chi connectivity index (χ1) is 7.24. The lowest BCUT2D eigenvalue weighted by Gasteiger charge is -1.58. The highest BCUT2D eigenvalue weighted by atomic mass is 13.5. The minimum atomic E-state index is 0. The van der Waals surface area contributed by atoms with E-state index in [1.165, 1.54) is 0 Å². The fraction of sp³-hybridized carbons (Fsp3) is 0.556. The molecule has 0 amide bonds. The van der Waals surface area contributed by atoms with Crippen LogP contribution in [-0.4, -0.2) is 0 Å². The molecule has 0 nitrogen and oxygen atoms in total. The first-order valence-corrected chi connectivity index (χ1v) is 5.01. The molecule has 0 unspecified atom stereocenters. The topological polar surface area (TPSA) is 0 Å². The molecule has 0 aromatic heterocycles. The summed E-state index contributed by atoms with van der Waals surface area (Å²) in [6.07, 6.45) is 4.72. The molecule has 0 radical (unpaired) electrons. The van der Waals surface area contributed by atoms with E-state index in [0.717, 1.165) is 6.42 Å². The van der Waals surface area contributed by atoms with Crippen LogP contribution in [0.4, 0.5) is 0 Å². The van der Waals surface area contributed by atoms with Crippen LogP contribution in [0.3, 0.4) is 0 Å². The molecule has 0 bridgehead atoms. The normalized spacial score (nSPS) is 4.78. The molecule has 0 heterocycles. The molecule has 106 valence electrons. The molecule has 0 saturated heterocycles. The lowest BCUT2D eigenvalue weighted by molar-refractivity contribution is 1.28. The van der Waals surface area contributed by atoms with Gasteiger partial charge < -0.3 is 0 Å². The van der Waals surface area contributed by atoms with Gasteiger partial charge in [-0.25, -0.2) is 0 Å². The number of hydrogen-bond donors (Lipinski definition) is 0. The van der Waals surface area contributed by atoms with Crippen molar-refractivity contribution in [3.05, 3.63) is 12.2 Å². The Kier molecular flexibility index (Phi) is 116. The van der Waals surface area contributed by atoms with Crippen LogP contribution < -0.4 is 0 Å². The maximum atomic E-state index is 2.86. The molecule has 0 aliphatic rings. The summed E-state index contributed by atoms with van der Waals surface area (Å²) in [7, 11) is 0. The second-order valence-electron chi connectivity index (χ2n) is 2.17. The molecule has 0 spiro atoms. The third-order valence-electron chi connectivity index (χ3n) is 0.998. The summed E-state index contributed by atoms with van der Waals surface area (Å²) in [5.41, 5.74) is 0. The van der Waals surface area contributed by atoms with Crippen LogP contribution in [0.1, 0.15) is 70.2 Å². The van der Waals surface area contributed by atoms with Gasteiger partial charge in [-0.15, -0.1) is 29.6 Å². The molecule has 0 rings (SSSR count). The van der Waals surface area contributed by atoms with E-state index in [4.69, 9.17) is 0 Å². The van der Waals surface area contributed by atoms with Crippen molar-refractivity contribution >= 4 is 0 Å². The second kappa shape index (κ2) is 58.2. The smallest absolute Gasteiger partial charge is 0.00601 e. The van der Waals surface area contributed by atoms with Crippen LogP contribution >= 0.6 is 0 Å². The third kappa shape index (κ3) is 133. The highest BCUT2D eigenvalue weighted by Gasteiger charge is 1.48. The van der Waals surface area contributed by atoms with E-state index < -0.39 is 0 Å². The highest BCUT2D eigenvalue weighted by Crippen LogP contribution is 1.62. The number of hydrogen-bond acceptors (Lipinski definition) is 0. The van der Waals surface area contributed by atoms with E-state index in [1.807, 2.05) is 53.7 Å². The maximum absolute atomic E-state index is 2.86. The van der Waals surface area contributed by atoms with Crippen molar-refractivity contribution in [3.63, 3.8) is 0 Å². The fourth-order valence-corrected chi connectivity index (χ4v) is 0.343. The molecule has 0 aliphatic heterocycles. The average molecular weight is 250 g/mol. The summed E-state index contributed by atoms with van der Waals surface area (Å²) < 4.78 is 0. The second-order valence-corrected chi connectivity index (χ2v) is 2.17. The predicted molar refractivity (Wildman–Crippen MR) is 91.3 cm³/mol. The Balaban J connectivity index is -0.0000000282. The number of rotatable bonds is 0. The van der Waals surface area contributed by atoms with Gasteiger partial charge in [-0.2, -0.15) is 0 Å². The van der Waals surface area contributed by atoms with Crippen molar-refractivity contribution in [3.8, 4) is 35.5 Å². The van der Waals surface area contributed by atoms with E-state index in [-0.39, 0.29) is 22.3 Å². The molecule has 0 N–H and O–H groups in total. The number of allylic oxidation sites excluding steroid dienone is 2. The SMILES string of the molecule is C.C.C.CC#C/C=C/C.CC#CC.CC#CCC. The minimum absolute atomic E-state index is 0. The van der Waals surface area contributed by atoms with Crippen molar-refractivity contribution in [1.82, 2.24) is 0 Å². The molecule has 0 aromatic rings. The summed E-state index contributed by atoms with van der Waals surface area (Å²) in [6.45, 7) is 11.3. The molecule has 0 saturated carbocycles. The van der Waals surface area contributed by atoms with E-state index in [0.29, 0.717) is 0 Å². The Morgan fingerprint density at radius 1 is 0.778 bits per heavy atom. The van der Waals surface area contributed by atoms with Gasteiger partial charge in [-0.3, -0.25) is 0 Å². The summed E-state index contributed by atoms with van der Waals surface area (Å²) in [5.74, 6) is 16.5. The zero-order chi connectivity index (χ0) is 12.4. The first kappa shape index (κ1) is 36.0. The Morgan fingerprint density at radius 2 is 1.22 bits per heavy atom. The molecule has 0 atom stereocenters. The molecule has 0 aromatic carbocycles. The Morgan fingerprint density at radius 3 is 1.28 bits per heavy atom. The van der Waals surface area contributed by atoms with E-state index in [1.54, 1.807) is 0 Å². The van der Waals surface area contributed by atoms with Gasteiger partial charge in [0.1, 0.15) is 0 Å². The zero-order valence-electron chi connectivity index (χ0n) is 10.9. The molecule has 0 heteroatoms. The maximum Gasteiger partial charge on any atom is 0.00601 e. The Bertz CT molecular complexity index is 280. The third-order valence-corrected chi connectivity index (χ3v) is 0.998. The van der Waals surface area contributed by atoms with Crippen molar-refractivity contribution in [2.24, 2.45) is 0 Å². The molecule has 0 aliphatic carbocycles. The van der Waals surface area contributed by atoms with Crippen molar-refractivity contribution in [2.45, 2.75) is 70.2 Å². The van der Waals surface area contributed by atoms with E-state index in [9.17, 15) is 0 Å². The van der Waals surface area contributed by atoms with Crippen LogP contribution in [0.5, 0.6) is 0 Å². The van der Waals surface area contributed by atoms with Gasteiger partial charge >= 0.3 is 0 Å². The van der Waals surface area contributed by atoms with E-state index in [2.05, 4.69) is 35.5 Å². The summed E-state index contributed by atoms with van der Waals surface area (Å²) in [4.78, 5) is 0. The minimum Gasteiger partial charge on any atom is -0.107 e. The summed E-state index contributed by atoms with van der Waals surface area (Å²) in [6, 6.07) is 0. The van der Waals surface area contributed by atoms with Gasteiger partial charge in [-0.1, -0.05) is 41.2 Å². The quantitative estimate of drug-likeness (QED) is 0.466. The van der Waals surface area contributed by atoms with Gasteiger partial charge in [0.15, 0.2) is 0 Å². The molecule has 18 heavy (non-hydrogen) atoms. The lowest BCUT2D eigenvalue weighted by atomic mass is 10.5. The van der Waals surface area contributed by atoms with Crippen molar-refractivity contribution in [1.29, 1.82) is 0 Å². The van der Waals surface area contributed by atoms with Crippen LogP contribution in [-0.2, 0) is 0 Å². The largest absolute Gasteiger partial charge is 0.107 e. The van der Waals surface area contributed by atoms with Gasteiger partial charge in [0, 0.05) is 6.42 Å². The monoisotopic (exact) mass is 250 g/mol.